The van der Waals surface area contributed by atoms with E-state index in [1.54, 1.807) is 0 Å². The number of hydrogen-bond acceptors (Lipinski definition) is 5. The molecule has 8 nitrogen and oxygen atoms in total. The molecule has 0 bridgehead atoms. The van der Waals surface area contributed by atoms with Crippen LogP contribution in [0, 0.1) is 11.6 Å². The van der Waals surface area contributed by atoms with E-state index < -0.39 is 44.7 Å². The van der Waals surface area contributed by atoms with Gasteiger partial charge in [-0.25, -0.2) is 26.8 Å². The number of halogens is 5. The van der Waals surface area contributed by atoms with Gasteiger partial charge in [-0.1, -0.05) is 12.8 Å². The van der Waals surface area contributed by atoms with Crippen molar-refractivity contribution in [2.24, 2.45) is 0 Å². The Morgan fingerprint density at radius 1 is 0.914 bits per heavy atom. The van der Waals surface area contributed by atoms with Crippen molar-refractivity contribution in [3.05, 3.63) is 53.6 Å². The van der Waals surface area contributed by atoms with Gasteiger partial charge < -0.3 is 15.1 Å². The highest BCUT2D eigenvalue weighted by Crippen LogP contribution is 2.28. The summed E-state index contributed by atoms with van der Waals surface area (Å²) in [7, 11) is -4.42. The minimum absolute atomic E-state index is 0.0420. The molecule has 1 heterocycles. The molecule has 0 spiro atoms. The first kappa shape index (κ1) is 27.8. The summed E-state index contributed by atoms with van der Waals surface area (Å²) in [6, 6.07) is 6.25. The molecule has 0 unspecified atom stereocenters. The van der Waals surface area contributed by atoms with Gasteiger partial charge in [0.05, 0.1) is 11.3 Å². The van der Waals surface area contributed by atoms with E-state index in [-0.39, 0.29) is 11.3 Å². The summed E-state index contributed by atoms with van der Waals surface area (Å²) in [5, 5.41) is 16.7. The SMILES string of the molecule is O=C(O)C(F)(F)F.O=C(O)c1cc(NS(=O)(=O)c2cc(F)ccc2F)ccc1N1CCCCCC1. The minimum Gasteiger partial charge on any atom is -0.478 e. The molecule has 2 aromatic rings. The fourth-order valence-electron chi connectivity index (χ4n) is 3.25. The Kier molecular flexibility index (Phi) is 9.01. The Labute approximate surface area is 197 Å². The second-order valence-electron chi connectivity index (χ2n) is 7.42. The molecule has 14 heteroatoms. The molecule has 0 aromatic heterocycles. The van der Waals surface area contributed by atoms with Crippen molar-refractivity contribution in [2.75, 3.05) is 22.7 Å². The maximum Gasteiger partial charge on any atom is 0.490 e. The monoisotopic (exact) mass is 524 g/mol. The van der Waals surface area contributed by atoms with Gasteiger partial charge in [0.2, 0.25) is 0 Å². The summed E-state index contributed by atoms with van der Waals surface area (Å²) < 4.78 is 85.9. The smallest absolute Gasteiger partial charge is 0.478 e. The van der Waals surface area contributed by atoms with Gasteiger partial charge in [-0.15, -0.1) is 0 Å². The summed E-state index contributed by atoms with van der Waals surface area (Å²) in [6.07, 6.45) is -1.02. The van der Waals surface area contributed by atoms with Gasteiger partial charge >= 0.3 is 18.1 Å². The van der Waals surface area contributed by atoms with E-state index in [2.05, 4.69) is 4.72 Å². The number of nitrogens with zero attached hydrogens (tertiary/aromatic N) is 1. The third-order valence-electron chi connectivity index (χ3n) is 4.85. The quantitative estimate of drug-likeness (QED) is 0.493. The predicted molar refractivity (Wildman–Crippen MR) is 115 cm³/mol. The highest BCUT2D eigenvalue weighted by Gasteiger charge is 2.38. The lowest BCUT2D eigenvalue weighted by Crippen LogP contribution is -2.26. The highest BCUT2D eigenvalue weighted by molar-refractivity contribution is 7.92. The summed E-state index contributed by atoms with van der Waals surface area (Å²) in [5.74, 6) is -5.96. The van der Waals surface area contributed by atoms with E-state index in [4.69, 9.17) is 9.90 Å². The molecule has 2 aromatic carbocycles. The van der Waals surface area contributed by atoms with Crippen molar-refractivity contribution in [1.29, 1.82) is 0 Å². The molecule has 1 aliphatic rings. The van der Waals surface area contributed by atoms with Crippen molar-refractivity contribution >= 4 is 33.3 Å². The maximum atomic E-state index is 13.8. The number of aliphatic carboxylic acids is 1. The molecule has 0 radical (unpaired) electrons. The van der Waals surface area contributed by atoms with Crippen LogP contribution in [0.1, 0.15) is 36.0 Å². The van der Waals surface area contributed by atoms with Crippen LogP contribution in [0.5, 0.6) is 0 Å². The largest absolute Gasteiger partial charge is 0.490 e. The summed E-state index contributed by atoms with van der Waals surface area (Å²) in [6.45, 7) is 1.44. The molecular formula is C21H21F5N2O6S. The molecule has 0 aliphatic carbocycles. The lowest BCUT2D eigenvalue weighted by atomic mass is 10.1. The van der Waals surface area contributed by atoms with Gasteiger partial charge in [0.15, 0.2) is 0 Å². The van der Waals surface area contributed by atoms with E-state index in [1.807, 2.05) is 4.90 Å². The Balaban J connectivity index is 0.000000540. The summed E-state index contributed by atoms with van der Waals surface area (Å²) in [4.78, 5) is 21.7. The van der Waals surface area contributed by atoms with Crippen LogP contribution >= 0.6 is 0 Å². The minimum atomic E-state index is -5.08. The second kappa shape index (κ2) is 11.3. The van der Waals surface area contributed by atoms with Crippen LogP contribution < -0.4 is 9.62 Å². The van der Waals surface area contributed by atoms with Gasteiger partial charge in [-0.05, 0) is 49.2 Å². The Hall–Kier alpha value is -3.42. The van der Waals surface area contributed by atoms with Crippen LogP contribution in [0.4, 0.5) is 33.3 Å². The normalized spacial score (nSPS) is 14.4. The Morgan fingerprint density at radius 2 is 1.49 bits per heavy atom. The van der Waals surface area contributed by atoms with E-state index in [1.165, 1.54) is 18.2 Å². The third-order valence-corrected chi connectivity index (χ3v) is 6.25. The third kappa shape index (κ3) is 7.80. The van der Waals surface area contributed by atoms with Crippen LogP contribution in [0.15, 0.2) is 41.3 Å². The molecule has 192 valence electrons. The number of rotatable bonds is 5. The number of aromatic carboxylic acids is 1. The zero-order valence-corrected chi connectivity index (χ0v) is 18.8. The van der Waals surface area contributed by atoms with Gasteiger partial charge in [0.1, 0.15) is 16.5 Å². The molecule has 0 atom stereocenters. The van der Waals surface area contributed by atoms with Crippen molar-refractivity contribution in [2.45, 2.75) is 36.8 Å². The van der Waals surface area contributed by atoms with Gasteiger partial charge in [-0.3, -0.25) is 4.72 Å². The Bertz CT molecular complexity index is 1180. The molecule has 0 saturated carbocycles. The lowest BCUT2D eigenvalue weighted by Gasteiger charge is -2.24. The van der Waals surface area contributed by atoms with Crippen LogP contribution in [0.2, 0.25) is 0 Å². The van der Waals surface area contributed by atoms with Gasteiger partial charge in [0.25, 0.3) is 10.0 Å². The fraction of sp³-hybridized carbons (Fsp3) is 0.333. The average molecular weight is 524 g/mol. The summed E-state index contributed by atoms with van der Waals surface area (Å²) >= 11 is 0. The molecule has 1 aliphatic heterocycles. The number of carbonyl (C=O) groups is 2. The molecule has 3 N–H and O–H groups in total. The first-order valence-corrected chi connectivity index (χ1v) is 11.6. The molecule has 1 fully saturated rings. The Morgan fingerprint density at radius 3 is 2.00 bits per heavy atom. The number of nitrogens with one attached hydrogen (secondary N) is 1. The van der Waals surface area contributed by atoms with Crippen LogP contribution in [0.3, 0.4) is 0 Å². The number of benzene rings is 2. The standard InChI is InChI=1S/C19H20F2N2O4S.C2HF3O2/c20-13-5-7-16(21)18(11-13)28(26,27)22-14-6-8-17(15(12-14)19(24)25)23-9-3-1-2-4-10-23;3-2(4,5)1(6)7/h5-8,11-12,22H,1-4,9-10H2,(H,24,25);(H,6,7). The molecule has 0 amide bonds. The number of hydrogen-bond donors (Lipinski definition) is 3. The zero-order valence-electron chi connectivity index (χ0n) is 18.0. The van der Waals surface area contributed by atoms with Gasteiger partial charge in [-0.2, -0.15) is 13.2 Å². The predicted octanol–water partition coefficient (Wildman–Crippen LogP) is 4.48. The molecule has 35 heavy (non-hydrogen) atoms. The summed E-state index contributed by atoms with van der Waals surface area (Å²) in [5.41, 5.74) is 0.413. The molecular weight excluding hydrogens is 503 g/mol. The first-order chi connectivity index (χ1) is 16.2. The number of alkyl halides is 3. The van der Waals surface area contributed by atoms with E-state index >= 15 is 0 Å². The van der Waals surface area contributed by atoms with E-state index in [9.17, 15) is 40.3 Å². The first-order valence-electron chi connectivity index (χ1n) is 10.1. The topological polar surface area (TPSA) is 124 Å². The fourth-order valence-corrected chi connectivity index (χ4v) is 4.39. The number of anilines is 2. The van der Waals surface area contributed by atoms with E-state index in [0.717, 1.165) is 50.9 Å². The van der Waals surface area contributed by atoms with Crippen molar-refractivity contribution in [3.8, 4) is 0 Å². The van der Waals surface area contributed by atoms with Crippen molar-refractivity contribution < 1.29 is 50.2 Å². The maximum absolute atomic E-state index is 13.8. The van der Waals surface area contributed by atoms with E-state index in [0.29, 0.717) is 11.8 Å². The molecule has 1 saturated heterocycles. The number of sulfonamides is 1. The highest BCUT2D eigenvalue weighted by atomic mass is 32.2. The average Bonchev–Trinajstić information content (AvgIpc) is 3.04. The van der Waals surface area contributed by atoms with Gasteiger partial charge in [0, 0.05) is 18.8 Å². The zero-order chi connectivity index (χ0) is 26.4. The van der Waals surface area contributed by atoms with Crippen molar-refractivity contribution in [3.63, 3.8) is 0 Å². The number of carboxylic acid groups (broad SMARTS) is 2. The van der Waals surface area contributed by atoms with Crippen molar-refractivity contribution in [1.82, 2.24) is 0 Å². The second-order valence-corrected chi connectivity index (χ2v) is 9.07. The van der Waals surface area contributed by atoms with Crippen LogP contribution in [-0.2, 0) is 14.8 Å². The lowest BCUT2D eigenvalue weighted by molar-refractivity contribution is -0.192. The van der Waals surface area contributed by atoms with Crippen LogP contribution in [-0.4, -0.2) is 49.8 Å². The number of carboxylic acids is 2. The molecule has 3 rings (SSSR count). The van der Waals surface area contributed by atoms with Crippen LogP contribution in [0.25, 0.3) is 0 Å².